The minimum Gasteiger partial charge on any atom is -0.394 e. The summed E-state index contributed by atoms with van der Waals surface area (Å²) in [4.78, 5) is 23.2. The first kappa shape index (κ1) is 32.9. The highest BCUT2D eigenvalue weighted by Gasteiger charge is 2.52. The van der Waals surface area contributed by atoms with Crippen molar-refractivity contribution in [2.45, 2.75) is 106 Å². The summed E-state index contributed by atoms with van der Waals surface area (Å²) in [7, 11) is 0. The lowest BCUT2D eigenvalue weighted by atomic mass is 9.95. The van der Waals surface area contributed by atoms with Crippen molar-refractivity contribution in [1.82, 2.24) is 10.6 Å². The third-order valence-corrected chi connectivity index (χ3v) is 6.88. The summed E-state index contributed by atoms with van der Waals surface area (Å²) in [6, 6.07) is -2.72. The van der Waals surface area contributed by atoms with E-state index >= 15 is 0 Å². The Balaban J connectivity index is 1.73. The molecule has 40 heavy (non-hydrogen) atoms. The molecule has 3 fully saturated rings. The Hall–Kier alpha value is -1.62. The van der Waals surface area contributed by atoms with Gasteiger partial charge >= 0.3 is 0 Å². The fraction of sp³-hybridized carbons (Fsp3) is 0.909. The van der Waals surface area contributed by atoms with Crippen molar-refractivity contribution >= 4 is 11.8 Å². The molecule has 3 heterocycles. The Morgan fingerprint density at radius 2 is 1.20 bits per heavy atom. The lowest BCUT2D eigenvalue weighted by molar-refractivity contribution is -0.351. The second kappa shape index (κ2) is 14.0. The summed E-state index contributed by atoms with van der Waals surface area (Å²) < 4.78 is 27.4. The van der Waals surface area contributed by atoms with Crippen LogP contribution in [-0.4, -0.2) is 170 Å². The predicted molar refractivity (Wildman–Crippen MR) is 124 cm³/mol. The smallest absolute Gasteiger partial charge is 0.217 e. The molecule has 0 radical (unpaired) electrons. The van der Waals surface area contributed by atoms with Gasteiger partial charge in [-0.15, -0.1) is 0 Å². The first-order chi connectivity index (χ1) is 18.8. The third kappa shape index (κ3) is 7.23. The summed E-state index contributed by atoms with van der Waals surface area (Å²) in [5.41, 5.74) is 0. The molecule has 3 aliphatic heterocycles. The van der Waals surface area contributed by atoms with Gasteiger partial charge in [0.1, 0.15) is 73.1 Å². The molecule has 3 rings (SSSR count). The van der Waals surface area contributed by atoms with E-state index in [1.807, 2.05) is 0 Å². The molecule has 18 heteroatoms. The van der Waals surface area contributed by atoms with E-state index in [-0.39, 0.29) is 0 Å². The van der Waals surface area contributed by atoms with E-state index in [1.165, 1.54) is 0 Å². The number of aliphatic hydroxyl groups excluding tert-OH is 9. The van der Waals surface area contributed by atoms with Crippen molar-refractivity contribution in [1.29, 1.82) is 0 Å². The van der Waals surface area contributed by atoms with E-state index in [0.717, 1.165) is 13.8 Å². The van der Waals surface area contributed by atoms with E-state index in [4.69, 9.17) is 23.7 Å². The topological polar surface area (TPSA) is 286 Å². The van der Waals surface area contributed by atoms with Gasteiger partial charge in [0.2, 0.25) is 11.8 Å². The number of carbonyl (C=O) groups is 2. The summed E-state index contributed by atoms with van der Waals surface area (Å²) in [5.74, 6) is -1.24. The Morgan fingerprint density at radius 1 is 0.650 bits per heavy atom. The third-order valence-electron chi connectivity index (χ3n) is 6.88. The second-order valence-corrected chi connectivity index (χ2v) is 9.85. The number of amides is 2. The average Bonchev–Trinajstić information content (AvgIpc) is 2.90. The molecule has 3 saturated heterocycles. The van der Waals surface area contributed by atoms with Gasteiger partial charge < -0.3 is 80.3 Å². The van der Waals surface area contributed by atoms with Crippen LogP contribution in [0.2, 0.25) is 0 Å². The van der Waals surface area contributed by atoms with Gasteiger partial charge in [-0.2, -0.15) is 0 Å². The molecule has 0 bridgehead atoms. The molecule has 232 valence electrons. The molecule has 3 aliphatic rings. The van der Waals surface area contributed by atoms with Crippen LogP contribution in [0.3, 0.4) is 0 Å². The molecule has 15 atom stereocenters. The van der Waals surface area contributed by atoms with Crippen molar-refractivity contribution < 1.29 is 79.2 Å². The van der Waals surface area contributed by atoms with E-state index in [9.17, 15) is 55.5 Å². The molecular formula is C22H38N2O16. The Labute approximate surface area is 228 Å². The highest BCUT2D eigenvalue weighted by atomic mass is 16.7. The normalized spacial score (nSPS) is 46.0. The molecule has 0 aromatic carbocycles. The summed E-state index contributed by atoms with van der Waals surface area (Å²) in [6.45, 7) is 0.168. The molecule has 18 nitrogen and oxygen atoms in total. The highest BCUT2D eigenvalue weighted by molar-refractivity contribution is 5.73. The number of hydrogen-bond acceptors (Lipinski definition) is 16. The molecule has 11 N–H and O–H groups in total. The summed E-state index contributed by atoms with van der Waals surface area (Å²) in [5, 5.41) is 96.3. The van der Waals surface area contributed by atoms with Crippen LogP contribution >= 0.6 is 0 Å². The van der Waals surface area contributed by atoms with Crippen LogP contribution in [0.25, 0.3) is 0 Å². The fourth-order valence-electron chi connectivity index (χ4n) is 4.76. The van der Waals surface area contributed by atoms with E-state index in [1.54, 1.807) is 0 Å². The number of rotatable bonds is 9. The molecule has 0 unspecified atom stereocenters. The predicted octanol–water partition coefficient (Wildman–Crippen LogP) is -7.29. The van der Waals surface area contributed by atoms with Crippen molar-refractivity contribution in [3.05, 3.63) is 0 Å². The maximum atomic E-state index is 11.9. The fourth-order valence-corrected chi connectivity index (χ4v) is 4.76. The number of aliphatic hydroxyl groups is 9. The highest BCUT2D eigenvalue weighted by Crippen LogP contribution is 2.30. The van der Waals surface area contributed by atoms with Crippen molar-refractivity contribution in [2.24, 2.45) is 0 Å². The van der Waals surface area contributed by atoms with Gasteiger partial charge in [0.05, 0.1) is 19.8 Å². The molecular weight excluding hydrogens is 548 g/mol. The van der Waals surface area contributed by atoms with Crippen LogP contribution in [0.15, 0.2) is 0 Å². The van der Waals surface area contributed by atoms with Crippen LogP contribution in [0, 0.1) is 0 Å². The van der Waals surface area contributed by atoms with Gasteiger partial charge in [-0.05, 0) is 0 Å². The molecule has 0 aliphatic carbocycles. The second-order valence-electron chi connectivity index (χ2n) is 9.85. The van der Waals surface area contributed by atoms with Crippen molar-refractivity contribution in [3.63, 3.8) is 0 Å². The molecule has 0 saturated carbocycles. The van der Waals surface area contributed by atoms with E-state index < -0.39 is 124 Å². The molecule has 0 aromatic rings. The maximum Gasteiger partial charge on any atom is 0.217 e. The van der Waals surface area contributed by atoms with Crippen molar-refractivity contribution in [3.8, 4) is 0 Å². The first-order valence-corrected chi connectivity index (χ1v) is 12.6. The Bertz CT molecular complexity index is 852. The number of carbonyl (C=O) groups excluding carboxylic acids is 2. The first-order valence-electron chi connectivity index (χ1n) is 12.6. The zero-order valence-corrected chi connectivity index (χ0v) is 21.7. The average molecular weight is 587 g/mol. The molecule has 0 spiro atoms. The summed E-state index contributed by atoms with van der Waals surface area (Å²) in [6.07, 6.45) is -20.8. The van der Waals surface area contributed by atoms with Crippen molar-refractivity contribution in [2.75, 3.05) is 19.8 Å². The number of nitrogens with one attached hydrogen (secondary N) is 2. The Morgan fingerprint density at radius 3 is 1.77 bits per heavy atom. The zero-order valence-electron chi connectivity index (χ0n) is 21.7. The number of hydrogen-bond donors (Lipinski definition) is 11. The largest absolute Gasteiger partial charge is 0.394 e. The van der Waals surface area contributed by atoms with E-state index in [0.29, 0.717) is 0 Å². The van der Waals surface area contributed by atoms with Gasteiger partial charge in [-0.3, -0.25) is 9.59 Å². The van der Waals surface area contributed by atoms with Crippen LogP contribution in [-0.2, 0) is 33.3 Å². The van der Waals surface area contributed by atoms with Gasteiger partial charge in [-0.1, -0.05) is 0 Å². The van der Waals surface area contributed by atoms with Crippen LogP contribution in [0.5, 0.6) is 0 Å². The SMILES string of the molecule is CC(=O)N[C@@H]1[C@@H](O)[C@@H](O)[C@@H](CO[C@@H]2O[C@H](CO)[C@@H](O[C@@H]3O[C@H](CO)[C@H](O)[C@H](O)[C@H]3O)[C@H](O)[C@H]2NC(C)=O)O[C@H]1O. The zero-order chi connectivity index (χ0) is 29.9. The maximum absolute atomic E-state index is 11.9. The minimum absolute atomic E-state index is 0.564. The molecule has 2 amide bonds. The van der Waals surface area contributed by atoms with Gasteiger partial charge in [0.25, 0.3) is 0 Å². The van der Waals surface area contributed by atoms with E-state index in [2.05, 4.69) is 10.6 Å². The molecule has 0 aromatic heterocycles. The van der Waals surface area contributed by atoms with Gasteiger partial charge in [0, 0.05) is 13.8 Å². The quantitative estimate of drug-likeness (QED) is 0.120. The van der Waals surface area contributed by atoms with Crippen LogP contribution in [0.4, 0.5) is 0 Å². The standard InChI is InChI=1S/C22H38N2O16/c1-6(27)23-11-15(31)14(30)10(37-20(11)35)5-36-21-12(24-7(2)28)16(32)19(9(4-26)39-21)40-22-18(34)17(33)13(29)8(3-25)38-22/h8-22,25-26,29-35H,3-5H2,1-2H3,(H,23,27)(H,24,28)/t8-,9-,10-,11-,12-,13+,14+,15-,16-,17+,18-,19-,20-,21-,22+/m1/s1. The number of ether oxygens (including phenoxy) is 5. The lowest BCUT2D eigenvalue weighted by Gasteiger charge is -2.47. The van der Waals surface area contributed by atoms with Gasteiger partial charge in [0.15, 0.2) is 18.9 Å². The van der Waals surface area contributed by atoms with Crippen LogP contribution < -0.4 is 10.6 Å². The lowest BCUT2D eigenvalue weighted by Crippen LogP contribution is -2.68. The monoisotopic (exact) mass is 586 g/mol. The van der Waals surface area contributed by atoms with Gasteiger partial charge in [-0.25, -0.2) is 0 Å². The minimum atomic E-state index is -1.83. The summed E-state index contributed by atoms with van der Waals surface area (Å²) >= 11 is 0. The van der Waals surface area contributed by atoms with Crippen LogP contribution in [0.1, 0.15) is 13.8 Å². The Kier molecular flexibility index (Phi) is 11.5.